The summed E-state index contributed by atoms with van der Waals surface area (Å²) in [4.78, 5) is 18.2. The Hall–Kier alpha value is -1.63. The molecular weight excluding hydrogens is 322 g/mol. The highest BCUT2D eigenvalue weighted by atomic mass is 35.5. The van der Waals surface area contributed by atoms with Crippen LogP contribution in [0.4, 0.5) is 0 Å². The number of benzene rings is 1. The molecule has 0 radical (unpaired) electrons. The Labute approximate surface area is 138 Å². The van der Waals surface area contributed by atoms with Gasteiger partial charge in [0.1, 0.15) is 23.1 Å². The van der Waals surface area contributed by atoms with Gasteiger partial charge in [0, 0.05) is 18.5 Å². The van der Waals surface area contributed by atoms with Crippen LogP contribution in [0.2, 0.25) is 5.02 Å². The molecule has 118 valence electrons. The molecule has 0 spiro atoms. The molecule has 1 aromatic carbocycles. The van der Waals surface area contributed by atoms with E-state index in [2.05, 4.69) is 10.3 Å². The number of nitrogens with zero attached hydrogens (tertiary/aromatic N) is 2. The molecule has 0 atom stereocenters. The quantitative estimate of drug-likeness (QED) is 0.842. The molecule has 1 aromatic heterocycles. The Morgan fingerprint density at radius 1 is 1.41 bits per heavy atom. The zero-order chi connectivity index (χ0) is 15.9. The molecule has 0 fully saturated rings. The molecule has 2 rings (SSSR count). The van der Waals surface area contributed by atoms with Crippen molar-refractivity contribution >= 4 is 28.8 Å². The molecule has 1 heterocycles. The van der Waals surface area contributed by atoms with Crippen LogP contribution in [0.25, 0.3) is 0 Å². The van der Waals surface area contributed by atoms with E-state index in [1.807, 2.05) is 31.1 Å². The van der Waals surface area contributed by atoms with Crippen molar-refractivity contribution in [1.82, 2.24) is 15.2 Å². The summed E-state index contributed by atoms with van der Waals surface area (Å²) in [5.41, 5.74) is 0.418. The summed E-state index contributed by atoms with van der Waals surface area (Å²) in [7, 11) is 3.91. The molecule has 0 aliphatic heterocycles. The van der Waals surface area contributed by atoms with Crippen molar-refractivity contribution in [2.45, 2.75) is 6.61 Å². The Kier molecular flexibility index (Phi) is 6.18. The predicted molar refractivity (Wildman–Crippen MR) is 88.8 cm³/mol. The third kappa shape index (κ3) is 4.98. The lowest BCUT2D eigenvalue weighted by atomic mass is 10.3. The predicted octanol–water partition coefficient (Wildman–Crippen LogP) is 2.67. The van der Waals surface area contributed by atoms with E-state index in [1.165, 1.54) is 11.3 Å². The number of rotatable bonds is 7. The maximum Gasteiger partial charge on any atom is 0.270 e. The lowest BCUT2D eigenvalue weighted by Crippen LogP contribution is -2.31. The van der Waals surface area contributed by atoms with Gasteiger partial charge in [-0.1, -0.05) is 23.7 Å². The number of hydrogen-bond donors (Lipinski definition) is 1. The summed E-state index contributed by atoms with van der Waals surface area (Å²) in [6.07, 6.45) is 0. The number of nitrogens with one attached hydrogen (secondary N) is 1. The molecular formula is C15H18ClN3O2S. The first-order valence-electron chi connectivity index (χ1n) is 6.81. The number of halogens is 1. The third-order valence-corrected chi connectivity index (χ3v) is 3.95. The zero-order valence-corrected chi connectivity index (χ0v) is 14.1. The van der Waals surface area contributed by atoms with Crippen LogP contribution in [0.15, 0.2) is 29.6 Å². The SMILES string of the molecule is CN(C)CCNC(=O)c1csc(COc2ccccc2Cl)n1. The van der Waals surface area contributed by atoms with Crippen LogP contribution in [0.3, 0.4) is 0 Å². The van der Waals surface area contributed by atoms with Gasteiger partial charge in [-0.25, -0.2) is 4.98 Å². The minimum absolute atomic E-state index is 0.165. The fourth-order valence-corrected chi connectivity index (χ4v) is 2.54. The van der Waals surface area contributed by atoms with Crippen LogP contribution in [-0.2, 0) is 6.61 Å². The third-order valence-electron chi connectivity index (χ3n) is 2.82. The van der Waals surface area contributed by atoms with E-state index < -0.39 is 0 Å². The number of carbonyl (C=O) groups is 1. The number of hydrogen-bond acceptors (Lipinski definition) is 5. The summed E-state index contributed by atoms with van der Waals surface area (Å²) in [6.45, 7) is 1.67. The molecule has 0 bridgehead atoms. The molecule has 7 heteroatoms. The summed E-state index contributed by atoms with van der Waals surface area (Å²) >= 11 is 7.41. The van der Waals surface area contributed by atoms with E-state index in [4.69, 9.17) is 16.3 Å². The van der Waals surface area contributed by atoms with Gasteiger partial charge in [-0.2, -0.15) is 0 Å². The first-order chi connectivity index (χ1) is 10.6. The van der Waals surface area contributed by atoms with Crippen LogP contribution < -0.4 is 10.1 Å². The highest BCUT2D eigenvalue weighted by molar-refractivity contribution is 7.09. The smallest absolute Gasteiger partial charge is 0.270 e. The van der Waals surface area contributed by atoms with Crippen molar-refractivity contribution < 1.29 is 9.53 Å². The number of likely N-dealkylation sites (N-methyl/N-ethyl adjacent to an activating group) is 1. The van der Waals surface area contributed by atoms with Crippen molar-refractivity contribution in [2.24, 2.45) is 0 Å². The van der Waals surface area contributed by atoms with Crippen molar-refractivity contribution in [2.75, 3.05) is 27.2 Å². The van der Waals surface area contributed by atoms with Gasteiger partial charge in [-0.3, -0.25) is 4.79 Å². The van der Waals surface area contributed by atoms with E-state index in [0.717, 1.165) is 11.6 Å². The number of aromatic nitrogens is 1. The summed E-state index contributed by atoms with van der Waals surface area (Å²) < 4.78 is 5.61. The Balaban J connectivity index is 1.86. The van der Waals surface area contributed by atoms with E-state index in [1.54, 1.807) is 17.5 Å². The number of carbonyl (C=O) groups excluding carboxylic acids is 1. The number of para-hydroxylation sites is 1. The fraction of sp³-hybridized carbons (Fsp3) is 0.333. The average molecular weight is 340 g/mol. The van der Waals surface area contributed by atoms with Gasteiger partial charge in [0.2, 0.25) is 0 Å². The van der Waals surface area contributed by atoms with Gasteiger partial charge in [0.25, 0.3) is 5.91 Å². The van der Waals surface area contributed by atoms with Crippen molar-refractivity contribution in [3.05, 3.63) is 45.4 Å². The largest absolute Gasteiger partial charge is 0.485 e. The second-order valence-corrected chi connectivity index (χ2v) is 6.25. The van der Waals surface area contributed by atoms with Crippen molar-refractivity contribution in [3.63, 3.8) is 0 Å². The van der Waals surface area contributed by atoms with Crippen LogP contribution in [0.5, 0.6) is 5.75 Å². The first-order valence-corrected chi connectivity index (χ1v) is 8.06. The van der Waals surface area contributed by atoms with Gasteiger partial charge < -0.3 is 15.0 Å². The van der Waals surface area contributed by atoms with E-state index in [0.29, 0.717) is 29.6 Å². The van der Waals surface area contributed by atoms with Gasteiger partial charge in [0.05, 0.1) is 5.02 Å². The lowest BCUT2D eigenvalue weighted by Gasteiger charge is -2.09. The minimum atomic E-state index is -0.165. The maximum atomic E-state index is 11.9. The lowest BCUT2D eigenvalue weighted by molar-refractivity contribution is 0.0946. The molecule has 1 N–H and O–H groups in total. The monoisotopic (exact) mass is 339 g/mol. The molecule has 0 aliphatic carbocycles. The molecule has 22 heavy (non-hydrogen) atoms. The van der Waals surface area contributed by atoms with Crippen LogP contribution in [0.1, 0.15) is 15.5 Å². The summed E-state index contributed by atoms with van der Waals surface area (Å²) in [6, 6.07) is 7.26. The standard InChI is InChI=1S/C15H18ClN3O2S/c1-19(2)8-7-17-15(20)12-10-22-14(18-12)9-21-13-6-4-3-5-11(13)16/h3-6,10H,7-9H2,1-2H3,(H,17,20). The Morgan fingerprint density at radius 2 is 2.18 bits per heavy atom. The Morgan fingerprint density at radius 3 is 2.91 bits per heavy atom. The van der Waals surface area contributed by atoms with E-state index >= 15 is 0 Å². The fourth-order valence-electron chi connectivity index (χ4n) is 1.67. The topological polar surface area (TPSA) is 54.5 Å². The highest BCUT2D eigenvalue weighted by Gasteiger charge is 2.11. The van der Waals surface area contributed by atoms with Gasteiger partial charge in [0.15, 0.2) is 0 Å². The summed E-state index contributed by atoms with van der Waals surface area (Å²) in [5, 5.41) is 5.85. The number of amides is 1. The zero-order valence-electron chi connectivity index (χ0n) is 12.5. The van der Waals surface area contributed by atoms with Crippen molar-refractivity contribution in [3.8, 4) is 5.75 Å². The van der Waals surface area contributed by atoms with E-state index in [9.17, 15) is 4.79 Å². The van der Waals surface area contributed by atoms with Crippen molar-refractivity contribution in [1.29, 1.82) is 0 Å². The van der Waals surface area contributed by atoms with Gasteiger partial charge >= 0.3 is 0 Å². The average Bonchev–Trinajstić information content (AvgIpc) is 2.95. The molecule has 0 saturated carbocycles. The molecule has 0 unspecified atom stereocenters. The molecule has 0 aliphatic rings. The molecule has 5 nitrogen and oxygen atoms in total. The second-order valence-electron chi connectivity index (χ2n) is 4.90. The summed E-state index contributed by atoms with van der Waals surface area (Å²) in [5.74, 6) is 0.443. The minimum Gasteiger partial charge on any atom is -0.485 e. The van der Waals surface area contributed by atoms with Gasteiger partial charge in [-0.15, -0.1) is 11.3 Å². The highest BCUT2D eigenvalue weighted by Crippen LogP contribution is 2.24. The van der Waals surface area contributed by atoms with E-state index in [-0.39, 0.29) is 5.91 Å². The number of ether oxygens (including phenoxy) is 1. The van der Waals surface area contributed by atoms with Gasteiger partial charge in [-0.05, 0) is 26.2 Å². The first kappa shape index (κ1) is 16.7. The van der Waals surface area contributed by atoms with Crippen LogP contribution >= 0.6 is 22.9 Å². The number of thiazole rings is 1. The second kappa shape index (κ2) is 8.12. The normalized spacial score (nSPS) is 10.7. The molecule has 2 aromatic rings. The molecule has 1 amide bonds. The Bertz CT molecular complexity index is 631. The molecule has 0 saturated heterocycles. The maximum absolute atomic E-state index is 11.9. The van der Waals surface area contributed by atoms with Crippen LogP contribution in [-0.4, -0.2) is 43.0 Å². The van der Waals surface area contributed by atoms with Crippen LogP contribution in [0, 0.1) is 0 Å².